The van der Waals surface area contributed by atoms with Crippen molar-refractivity contribution < 1.29 is 28.6 Å². The summed E-state index contributed by atoms with van der Waals surface area (Å²) in [4.78, 5) is 34.9. The number of nitrogens with zero attached hydrogens (tertiary/aromatic N) is 1. The molecule has 2 rings (SSSR count). The van der Waals surface area contributed by atoms with Crippen molar-refractivity contribution in [2.24, 2.45) is 5.92 Å². The number of hydrogen-bond acceptors (Lipinski definition) is 4. The molecular weight excluding hydrogens is 269 g/mol. The molecule has 0 bridgehead atoms. The molecule has 1 aromatic carbocycles. The first-order chi connectivity index (χ1) is 9.43. The maximum absolute atomic E-state index is 14.0. The fourth-order valence-electron chi connectivity index (χ4n) is 2.08. The smallest absolute Gasteiger partial charge is 0.337 e. The second kappa shape index (κ2) is 5.28. The second-order valence-corrected chi connectivity index (χ2v) is 4.40. The zero-order chi connectivity index (χ0) is 14.9. The summed E-state index contributed by atoms with van der Waals surface area (Å²) in [5, 5.41) is 8.88. The van der Waals surface area contributed by atoms with Gasteiger partial charge in [0.1, 0.15) is 5.82 Å². The average molecular weight is 281 g/mol. The van der Waals surface area contributed by atoms with Gasteiger partial charge < -0.3 is 14.7 Å². The molecule has 0 aromatic heterocycles. The number of esters is 1. The van der Waals surface area contributed by atoms with Crippen LogP contribution in [0.15, 0.2) is 18.2 Å². The van der Waals surface area contributed by atoms with Gasteiger partial charge in [0, 0.05) is 13.0 Å². The van der Waals surface area contributed by atoms with Crippen LogP contribution in [-0.4, -0.2) is 36.6 Å². The molecule has 1 N–H and O–H groups in total. The topological polar surface area (TPSA) is 83.9 Å². The van der Waals surface area contributed by atoms with Crippen molar-refractivity contribution in [2.75, 3.05) is 18.6 Å². The molecule has 0 saturated carbocycles. The molecule has 1 aliphatic heterocycles. The first kappa shape index (κ1) is 14.0. The lowest BCUT2D eigenvalue weighted by molar-refractivity contribution is -0.141. The summed E-state index contributed by atoms with van der Waals surface area (Å²) in [6.07, 6.45) is -0.159. The quantitative estimate of drug-likeness (QED) is 0.837. The van der Waals surface area contributed by atoms with E-state index in [4.69, 9.17) is 5.11 Å². The molecule has 7 heteroatoms. The minimum Gasteiger partial charge on any atom is -0.481 e. The lowest BCUT2D eigenvalue weighted by Gasteiger charge is -2.17. The van der Waals surface area contributed by atoms with Gasteiger partial charge in [-0.25, -0.2) is 9.18 Å². The minimum absolute atomic E-state index is 0.0233. The molecule has 0 spiro atoms. The van der Waals surface area contributed by atoms with E-state index in [0.717, 1.165) is 11.0 Å². The molecule has 0 aliphatic carbocycles. The normalized spacial score (nSPS) is 18.2. The summed E-state index contributed by atoms with van der Waals surface area (Å²) in [5.74, 6) is -3.85. The maximum Gasteiger partial charge on any atom is 0.337 e. The van der Waals surface area contributed by atoms with E-state index >= 15 is 0 Å². The predicted octanol–water partition coefficient (Wildman–Crippen LogP) is 1.05. The van der Waals surface area contributed by atoms with Crippen LogP contribution < -0.4 is 4.90 Å². The Morgan fingerprint density at radius 1 is 1.45 bits per heavy atom. The van der Waals surface area contributed by atoms with Gasteiger partial charge in [-0.05, 0) is 18.2 Å². The second-order valence-electron chi connectivity index (χ2n) is 4.40. The van der Waals surface area contributed by atoms with E-state index in [0.29, 0.717) is 0 Å². The monoisotopic (exact) mass is 281 g/mol. The number of anilines is 1. The zero-order valence-electron chi connectivity index (χ0n) is 10.6. The molecule has 1 heterocycles. The first-order valence-corrected chi connectivity index (χ1v) is 5.85. The van der Waals surface area contributed by atoms with Crippen LogP contribution in [0.4, 0.5) is 10.1 Å². The van der Waals surface area contributed by atoms with Gasteiger partial charge in [-0.2, -0.15) is 0 Å². The Labute approximate surface area is 113 Å². The number of carbonyl (C=O) groups excluding carboxylic acids is 2. The Bertz CT molecular complexity index is 586. The number of carboxylic acid groups (broad SMARTS) is 1. The van der Waals surface area contributed by atoms with E-state index in [2.05, 4.69) is 4.74 Å². The summed E-state index contributed by atoms with van der Waals surface area (Å²) in [7, 11) is 1.18. The highest BCUT2D eigenvalue weighted by Crippen LogP contribution is 2.28. The Morgan fingerprint density at radius 2 is 2.15 bits per heavy atom. The third-order valence-corrected chi connectivity index (χ3v) is 3.13. The molecule has 1 fully saturated rings. The summed E-state index contributed by atoms with van der Waals surface area (Å²) >= 11 is 0. The fourth-order valence-corrected chi connectivity index (χ4v) is 2.08. The molecule has 1 atom stereocenters. The van der Waals surface area contributed by atoms with Crippen LogP contribution in [0.3, 0.4) is 0 Å². The van der Waals surface area contributed by atoms with Crippen LogP contribution in [0.25, 0.3) is 0 Å². The lowest BCUT2D eigenvalue weighted by atomic mass is 10.1. The van der Waals surface area contributed by atoms with Crippen LogP contribution in [0.1, 0.15) is 16.8 Å². The van der Waals surface area contributed by atoms with Gasteiger partial charge in [-0.3, -0.25) is 9.59 Å². The number of amides is 1. The Balaban J connectivity index is 2.28. The molecule has 106 valence electrons. The van der Waals surface area contributed by atoms with Crippen molar-refractivity contribution in [1.82, 2.24) is 0 Å². The van der Waals surface area contributed by atoms with E-state index < -0.39 is 29.6 Å². The van der Waals surface area contributed by atoms with Crippen molar-refractivity contribution in [3.63, 3.8) is 0 Å². The number of carboxylic acids is 1. The number of benzene rings is 1. The number of ether oxygens (including phenoxy) is 1. The van der Waals surface area contributed by atoms with Gasteiger partial charge in [0.2, 0.25) is 5.91 Å². The van der Waals surface area contributed by atoms with Crippen LogP contribution in [0, 0.1) is 11.7 Å². The highest BCUT2D eigenvalue weighted by molar-refractivity contribution is 5.99. The molecule has 6 nitrogen and oxygen atoms in total. The number of methoxy groups -OCH3 is 1. The average Bonchev–Trinajstić information content (AvgIpc) is 2.80. The first-order valence-electron chi connectivity index (χ1n) is 5.85. The van der Waals surface area contributed by atoms with E-state index in [-0.39, 0.29) is 24.2 Å². The molecule has 1 saturated heterocycles. The number of halogens is 1. The van der Waals surface area contributed by atoms with Crippen LogP contribution in [0.2, 0.25) is 0 Å². The van der Waals surface area contributed by atoms with Crippen LogP contribution in [-0.2, 0) is 14.3 Å². The number of rotatable bonds is 3. The van der Waals surface area contributed by atoms with Gasteiger partial charge in [-0.15, -0.1) is 0 Å². The highest BCUT2D eigenvalue weighted by Gasteiger charge is 2.36. The van der Waals surface area contributed by atoms with Crippen LogP contribution >= 0.6 is 0 Å². The standard InChI is InChI=1S/C13H12FNO5/c1-20-13(19)7-2-3-10(9(14)4-7)15-6-8(12(17)18)5-11(15)16/h2-4,8H,5-6H2,1H3,(H,17,18). The number of hydrogen-bond donors (Lipinski definition) is 1. The summed E-state index contributed by atoms with van der Waals surface area (Å²) in [6, 6.07) is 3.55. The van der Waals surface area contributed by atoms with Crippen molar-refractivity contribution in [3.8, 4) is 0 Å². The van der Waals surface area contributed by atoms with E-state index in [1.54, 1.807) is 0 Å². The maximum atomic E-state index is 14.0. The molecule has 20 heavy (non-hydrogen) atoms. The third-order valence-electron chi connectivity index (χ3n) is 3.13. The largest absolute Gasteiger partial charge is 0.481 e. The summed E-state index contributed by atoms with van der Waals surface area (Å²) in [5.41, 5.74) is -0.0124. The predicted molar refractivity (Wildman–Crippen MR) is 65.8 cm³/mol. The minimum atomic E-state index is -1.09. The molecular formula is C13H12FNO5. The van der Waals surface area contributed by atoms with E-state index in [1.165, 1.54) is 19.2 Å². The van der Waals surface area contributed by atoms with Gasteiger partial charge in [-0.1, -0.05) is 0 Å². The number of aliphatic carboxylic acids is 1. The highest BCUT2D eigenvalue weighted by atomic mass is 19.1. The lowest BCUT2D eigenvalue weighted by Crippen LogP contribution is -2.26. The van der Waals surface area contributed by atoms with Crippen molar-refractivity contribution in [3.05, 3.63) is 29.6 Å². The summed E-state index contributed by atoms with van der Waals surface area (Å²) in [6.45, 7) is -0.0807. The Hall–Kier alpha value is -2.44. The molecule has 1 unspecified atom stereocenters. The molecule has 1 aliphatic rings. The van der Waals surface area contributed by atoms with E-state index in [1.807, 2.05) is 0 Å². The number of carbonyl (C=O) groups is 3. The molecule has 1 amide bonds. The molecule has 0 radical (unpaired) electrons. The SMILES string of the molecule is COC(=O)c1ccc(N2CC(C(=O)O)CC2=O)c(F)c1. The van der Waals surface area contributed by atoms with Gasteiger partial charge in [0.25, 0.3) is 0 Å². The van der Waals surface area contributed by atoms with Gasteiger partial charge in [0.15, 0.2) is 0 Å². The van der Waals surface area contributed by atoms with Crippen molar-refractivity contribution >= 4 is 23.5 Å². The van der Waals surface area contributed by atoms with Crippen molar-refractivity contribution in [1.29, 1.82) is 0 Å². The fraction of sp³-hybridized carbons (Fsp3) is 0.308. The Kier molecular flexibility index (Phi) is 3.69. The third kappa shape index (κ3) is 2.47. The van der Waals surface area contributed by atoms with Crippen LogP contribution in [0.5, 0.6) is 0 Å². The van der Waals surface area contributed by atoms with Gasteiger partial charge >= 0.3 is 11.9 Å². The van der Waals surface area contributed by atoms with Gasteiger partial charge in [0.05, 0.1) is 24.3 Å². The van der Waals surface area contributed by atoms with E-state index in [9.17, 15) is 18.8 Å². The zero-order valence-corrected chi connectivity index (χ0v) is 10.6. The summed E-state index contributed by atoms with van der Waals surface area (Å²) < 4.78 is 18.4. The molecule has 1 aromatic rings. The van der Waals surface area contributed by atoms with Crippen molar-refractivity contribution in [2.45, 2.75) is 6.42 Å². The Morgan fingerprint density at radius 3 is 2.65 bits per heavy atom.